The number of halogens is 3. The second-order valence-electron chi connectivity index (χ2n) is 7.18. The van der Waals surface area contributed by atoms with E-state index in [-0.39, 0.29) is 5.56 Å². The molecule has 31 heavy (non-hydrogen) atoms. The molecule has 2 N–H and O–H groups in total. The van der Waals surface area contributed by atoms with E-state index in [1.807, 2.05) is 18.2 Å². The number of piperazine rings is 1. The number of rotatable bonds is 6. The van der Waals surface area contributed by atoms with E-state index in [9.17, 15) is 4.79 Å². The Kier molecular flexibility index (Phi) is 7.46. The fourth-order valence-electron chi connectivity index (χ4n) is 3.55. The molecule has 3 aromatic rings. The van der Waals surface area contributed by atoms with E-state index in [1.54, 1.807) is 17.8 Å². The summed E-state index contributed by atoms with van der Waals surface area (Å²) >= 11 is 18.2. The molecule has 4 rings (SSSR count). The normalized spacial score (nSPS) is 14.8. The van der Waals surface area contributed by atoms with Crippen LogP contribution in [-0.4, -0.2) is 46.5 Å². The van der Waals surface area contributed by atoms with Crippen molar-refractivity contribution in [1.82, 2.24) is 19.9 Å². The molecular formula is C21H22BrCl2N5OS. The highest BCUT2D eigenvalue weighted by Crippen LogP contribution is 2.33. The Morgan fingerprint density at radius 2 is 2.03 bits per heavy atom. The molecule has 6 nitrogen and oxygen atoms in total. The van der Waals surface area contributed by atoms with Crippen molar-refractivity contribution in [3.63, 3.8) is 0 Å². The molecule has 0 amide bonds. The smallest absolute Gasteiger partial charge is 0.280 e. The summed E-state index contributed by atoms with van der Waals surface area (Å²) in [6.45, 7) is 6.61. The van der Waals surface area contributed by atoms with Crippen molar-refractivity contribution in [1.29, 1.82) is 0 Å². The quantitative estimate of drug-likeness (QED) is 0.434. The van der Waals surface area contributed by atoms with Crippen LogP contribution in [0.5, 0.6) is 0 Å². The monoisotopic (exact) mass is 541 g/mol. The second-order valence-corrected chi connectivity index (χ2v) is 10.2. The zero-order valence-corrected chi connectivity index (χ0v) is 20.8. The summed E-state index contributed by atoms with van der Waals surface area (Å²) in [6.07, 6.45) is 1.47. The molecule has 1 saturated heterocycles. The van der Waals surface area contributed by atoms with Gasteiger partial charge in [0.15, 0.2) is 0 Å². The van der Waals surface area contributed by atoms with Gasteiger partial charge in [-0.25, -0.2) is 9.66 Å². The Hall–Kier alpha value is -1.29. The minimum Gasteiger partial charge on any atom is -0.314 e. The van der Waals surface area contributed by atoms with E-state index in [0.717, 1.165) is 52.6 Å². The first-order chi connectivity index (χ1) is 15.0. The number of nitrogens with zero attached hydrogens (tertiary/aromatic N) is 3. The Morgan fingerprint density at radius 3 is 2.77 bits per heavy atom. The molecule has 0 bridgehead atoms. The lowest BCUT2D eigenvalue weighted by atomic mass is 10.1. The van der Waals surface area contributed by atoms with Crippen LogP contribution >= 0.6 is 50.9 Å². The van der Waals surface area contributed by atoms with E-state index in [0.29, 0.717) is 27.5 Å². The van der Waals surface area contributed by atoms with E-state index >= 15 is 0 Å². The van der Waals surface area contributed by atoms with E-state index in [2.05, 4.69) is 43.5 Å². The number of anilines is 1. The highest BCUT2D eigenvalue weighted by atomic mass is 79.9. The van der Waals surface area contributed by atoms with Crippen LogP contribution in [0.2, 0.25) is 10.0 Å². The molecule has 0 atom stereocenters. The minimum absolute atomic E-state index is 0.228. The first-order valence-electron chi connectivity index (χ1n) is 9.98. The first-order valence-corrected chi connectivity index (χ1v) is 12.5. The van der Waals surface area contributed by atoms with Gasteiger partial charge in [0.05, 0.1) is 21.6 Å². The number of fused-ring (bicyclic) bond motifs is 1. The predicted octanol–water partition coefficient (Wildman–Crippen LogP) is 4.86. The molecule has 0 saturated carbocycles. The Balaban J connectivity index is 1.71. The van der Waals surface area contributed by atoms with Gasteiger partial charge in [0.25, 0.3) is 5.56 Å². The molecule has 0 radical (unpaired) electrons. The van der Waals surface area contributed by atoms with Gasteiger partial charge in [-0.1, -0.05) is 46.1 Å². The van der Waals surface area contributed by atoms with Crippen LogP contribution in [0.1, 0.15) is 12.5 Å². The maximum atomic E-state index is 13.2. The standard InChI is InChI=1S/C21H22BrCl2N5OS/c1-2-31-18-4-3-13(23)9-17(18)27-29-12-26-20-14(21(29)30)10-16(22)15(19(20)24)11-28-7-5-25-6-8-28/h3-4,9-10,12,25,27H,2,5-8,11H2,1H3. The van der Waals surface area contributed by atoms with Crippen molar-refractivity contribution in [2.45, 2.75) is 18.4 Å². The molecule has 1 fully saturated rings. The van der Waals surface area contributed by atoms with Gasteiger partial charge in [-0.2, -0.15) is 0 Å². The van der Waals surface area contributed by atoms with Crippen LogP contribution in [-0.2, 0) is 6.54 Å². The highest BCUT2D eigenvalue weighted by molar-refractivity contribution is 9.10. The van der Waals surface area contributed by atoms with Crippen molar-refractivity contribution >= 4 is 67.5 Å². The fourth-order valence-corrected chi connectivity index (χ4v) is 5.44. The molecule has 2 aromatic carbocycles. The molecule has 164 valence electrons. The summed E-state index contributed by atoms with van der Waals surface area (Å²) in [7, 11) is 0. The molecule has 1 aromatic heterocycles. The zero-order valence-electron chi connectivity index (χ0n) is 16.9. The Labute approximate surface area is 203 Å². The molecule has 0 unspecified atom stereocenters. The summed E-state index contributed by atoms with van der Waals surface area (Å²) in [5.74, 6) is 0.902. The SMILES string of the molecule is CCSc1ccc(Cl)cc1Nn1cnc2c(Cl)c(CN3CCNCC3)c(Br)cc2c1=O. The maximum Gasteiger partial charge on any atom is 0.280 e. The number of hydrogen-bond donors (Lipinski definition) is 2. The third-order valence-corrected chi connectivity index (χ3v) is 7.42. The molecule has 0 aliphatic carbocycles. The van der Waals surface area contributed by atoms with Crippen LogP contribution in [0, 0.1) is 0 Å². The van der Waals surface area contributed by atoms with Gasteiger partial charge >= 0.3 is 0 Å². The zero-order chi connectivity index (χ0) is 22.0. The maximum absolute atomic E-state index is 13.2. The topological polar surface area (TPSA) is 62.2 Å². The summed E-state index contributed by atoms with van der Waals surface area (Å²) in [4.78, 5) is 21.1. The van der Waals surface area contributed by atoms with E-state index in [4.69, 9.17) is 23.2 Å². The van der Waals surface area contributed by atoms with Gasteiger partial charge in [-0.05, 0) is 30.0 Å². The third kappa shape index (κ3) is 5.05. The van der Waals surface area contributed by atoms with Gasteiger partial charge in [0.1, 0.15) is 6.33 Å². The third-order valence-electron chi connectivity index (χ3n) is 5.11. The molecule has 0 spiro atoms. The van der Waals surface area contributed by atoms with Crippen LogP contribution in [0.25, 0.3) is 10.9 Å². The Bertz CT molecular complexity index is 1170. The minimum atomic E-state index is -0.228. The number of hydrogen-bond acceptors (Lipinski definition) is 6. The van der Waals surface area contributed by atoms with Gasteiger partial charge in [-0.3, -0.25) is 15.1 Å². The van der Waals surface area contributed by atoms with Gasteiger partial charge in [-0.15, -0.1) is 11.8 Å². The fraction of sp³-hybridized carbons (Fsp3) is 0.333. The number of nitrogens with one attached hydrogen (secondary N) is 2. The van der Waals surface area contributed by atoms with Crippen molar-refractivity contribution in [3.05, 3.63) is 61.0 Å². The lowest BCUT2D eigenvalue weighted by Gasteiger charge is -2.28. The summed E-state index contributed by atoms with van der Waals surface area (Å²) < 4.78 is 2.18. The van der Waals surface area contributed by atoms with Crippen LogP contribution in [0.15, 0.2) is 44.8 Å². The van der Waals surface area contributed by atoms with Gasteiger partial charge < -0.3 is 5.32 Å². The lowest BCUT2D eigenvalue weighted by Crippen LogP contribution is -2.43. The molecule has 2 heterocycles. The average molecular weight is 543 g/mol. The predicted molar refractivity (Wildman–Crippen MR) is 134 cm³/mol. The van der Waals surface area contributed by atoms with E-state index < -0.39 is 0 Å². The summed E-state index contributed by atoms with van der Waals surface area (Å²) in [5.41, 5.74) is 5.12. The molecule has 1 aliphatic heterocycles. The molecular weight excluding hydrogens is 521 g/mol. The number of aromatic nitrogens is 2. The number of benzene rings is 2. The summed E-state index contributed by atoms with van der Waals surface area (Å²) in [6, 6.07) is 7.39. The van der Waals surface area contributed by atoms with Crippen LogP contribution < -0.4 is 16.3 Å². The van der Waals surface area contributed by atoms with Gasteiger partial charge in [0, 0.05) is 52.7 Å². The summed E-state index contributed by atoms with van der Waals surface area (Å²) in [5, 5.41) is 4.90. The Morgan fingerprint density at radius 1 is 1.26 bits per heavy atom. The van der Waals surface area contributed by atoms with Crippen molar-refractivity contribution in [2.75, 3.05) is 37.4 Å². The largest absolute Gasteiger partial charge is 0.314 e. The molecule has 1 aliphatic rings. The average Bonchev–Trinajstić information content (AvgIpc) is 2.76. The highest BCUT2D eigenvalue weighted by Gasteiger charge is 2.19. The van der Waals surface area contributed by atoms with Crippen molar-refractivity contribution < 1.29 is 0 Å². The second kappa shape index (κ2) is 10.1. The van der Waals surface area contributed by atoms with Crippen molar-refractivity contribution in [2.24, 2.45) is 0 Å². The first kappa shape index (κ1) is 22.9. The number of thioether (sulfide) groups is 1. The van der Waals surface area contributed by atoms with Gasteiger partial charge in [0.2, 0.25) is 0 Å². The van der Waals surface area contributed by atoms with Crippen LogP contribution in [0.4, 0.5) is 5.69 Å². The van der Waals surface area contributed by atoms with Crippen molar-refractivity contribution in [3.8, 4) is 0 Å². The molecule has 10 heteroatoms. The van der Waals surface area contributed by atoms with Crippen LogP contribution in [0.3, 0.4) is 0 Å². The lowest BCUT2D eigenvalue weighted by molar-refractivity contribution is 0.233. The van der Waals surface area contributed by atoms with E-state index in [1.165, 1.54) is 11.0 Å².